The van der Waals surface area contributed by atoms with Crippen molar-refractivity contribution in [2.75, 3.05) is 11.2 Å². The number of aromatic nitrogens is 2. The van der Waals surface area contributed by atoms with Crippen molar-refractivity contribution in [2.45, 2.75) is 25.2 Å². The van der Waals surface area contributed by atoms with Crippen molar-refractivity contribution in [3.05, 3.63) is 46.3 Å². The summed E-state index contributed by atoms with van der Waals surface area (Å²) in [5, 5.41) is 5.55. The van der Waals surface area contributed by atoms with Crippen molar-refractivity contribution in [1.82, 2.24) is 9.97 Å². The van der Waals surface area contributed by atoms with Crippen LogP contribution in [0.25, 0.3) is 10.2 Å². The van der Waals surface area contributed by atoms with Crippen molar-refractivity contribution in [1.29, 1.82) is 0 Å². The van der Waals surface area contributed by atoms with Gasteiger partial charge in [0.2, 0.25) is 0 Å². The zero-order valence-corrected chi connectivity index (χ0v) is 14.9. The second-order valence-electron chi connectivity index (χ2n) is 5.59. The molecule has 0 fully saturated rings. The molecule has 1 aliphatic rings. The smallest absolute Gasteiger partial charge is 0.158 e. The van der Waals surface area contributed by atoms with Gasteiger partial charge in [0, 0.05) is 27.5 Å². The van der Waals surface area contributed by atoms with E-state index in [0.29, 0.717) is 5.82 Å². The van der Waals surface area contributed by atoms with E-state index in [2.05, 4.69) is 34.3 Å². The molecule has 7 heteroatoms. The topological polar surface area (TPSA) is 50.2 Å². The van der Waals surface area contributed by atoms with Crippen LogP contribution < -0.4 is 5.43 Å². The summed E-state index contributed by atoms with van der Waals surface area (Å²) in [7, 11) is 0. The number of rotatable bonds is 2. The van der Waals surface area contributed by atoms with E-state index >= 15 is 0 Å². The molecule has 0 unspecified atom stereocenters. The summed E-state index contributed by atoms with van der Waals surface area (Å²) in [5.41, 5.74) is 5.98. The predicted molar refractivity (Wildman–Crippen MR) is 98.8 cm³/mol. The van der Waals surface area contributed by atoms with Crippen molar-refractivity contribution >= 4 is 44.8 Å². The highest BCUT2D eigenvalue weighted by Crippen LogP contribution is 2.33. The highest BCUT2D eigenvalue weighted by atomic mass is 32.2. The fourth-order valence-corrected chi connectivity index (χ4v) is 4.76. The molecule has 0 aliphatic carbocycles. The van der Waals surface area contributed by atoms with Gasteiger partial charge in [0.1, 0.15) is 17.0 Å². The number of benzene rings is 1. The number of thiophene rings is 1. The lowest BCUT2D eigenvalue weighted by molar-refractivity contribution is 0.626. The Morgan fingerprint density at radius 2 is 2.12 bits per heavy atom. The largest absolute Gasteiger partial charge is 0.260 e. The summed E-state index contributed by atoms with van der Waals surface area (Å²) in [5.74, 6) is 1.40. The minimum absolute atomic E-state index is 0.238. The van der Waals surface area contributed by atoms with Crippen LogP contribution in [0.2, 0.25) is 0 Å². The van der Waals surface area contributed by atoms with Gasteiger partial charge in [-0.15, -0.1) is 23.1 Å². The molecule has 4 nitrogen and oxygen atoms in total. The summed E-state index contributed by atoms with van der Waals surface area (Å²) < 4.78 is 13.6. The summed E-state index contributed by atoms with van der Waals surface area (Å²) >= 11 is 3.38. The molecule has 1 aliphatic heterocycles. The van der Waals surface area contributed by atoms with E-state index in [4.69, 9.17) is 0 Å². The van der Waals surface area contributed by atoms with E-state index in [1.807, 2.05) is 6.07 Å². The van der Waals surface area contributed by atoms with Crippen LogP contribution in [0, 0.1) is 19.7 Å². The van der Waals surface area contributed by atoms with E-state index in [1.54, 1.807) is 35.5 Å². The van der Waals surface area contributed by atoms with E-state index in [0.717, 1.165) is 38.6 Å². The fourth-order valence-electron chi connectivity index (χ4n) is 2.75. The number of hydrogen-bond donors (Lipinski definition) is 1. The first kappa shape index (κ1) is 15.5. The first-order valence-corrected chi connectivity index (χ1v) is 9.39. The molecule has 0 radical (unpaired) electrons. The number of hydrogen-bond acceptors (Lipinski definition) is 6. The summed E-state index contributed by atoms with van der Waals surface area (Å²) in [6, 6.07) is 4.87. The van der Waals surface area contributed by atoms with Gasteiger partial charge in [0.25, 0.3) is 0 Å². The molecule has 0 saturated carbocycles. The SMILES string of the molecule is Cc1sc2ncnc(N/N=C3/CCSc4ccc(F)cc43)c2c1C. The van der Waals surface area contributed by atoms with Gasteiger partial charge >= 0.3 is 0 Å². The average Bonchev–Trinajstić information content (AvgIpc) is 2.88. The molecule has 0 bridgehead atoms. The van der Waals surface area contributed by atoms with Crippen LogP contribution in [-0.4, -0.2) is 21.4 Å². The maximum atomic E-state index is 13.6. The Morgan fingerprint density at radius 1 is 1.25 bits per heavy atom. The highest BCUT2D eigenvalue weighted by molar-refractivity contribution is 7.99. The maximum absolute atomic E-state index is 13.6. The molecule has 3 heterocycles. The van der Waals surface area contributed by atoms with E-state index in [9.17, 15) is 4.39 Å². The second kappa shape index (κ2) is 6.14. The van der Waals surface area contributed by atoms with Gasteiger partial charge in [0.05, 0.1) is 11.1 Å². The monoisotopic (exact) mass is 358 g/mol. The van der Waals surface area contributed by atoms with Crippen molar-refractivity contribution in [3.8, 4) is 0 Å². The third kappa shape index (κ3) is 2.67. The molecule has 2 aromatic heterocycles. The first-order valence-electron chi connectivity index (χ1n) is 7.59. The van der Waals surface area contributed by atoms with Gasteiger partial charge < -0.3 is 0 Å². The minimum Gasteiger partial charge on any atom is -0.260 e. The van der Waals surface area contributed by atoms with Crippen LogP contribution in [0.5, 0.6) is 0 Å². The van der Waals surface area contributed by atoms with Gasteiger partial charge in [-0.05, 0) is 37.6 Å². The molecule has 1 N–H and O–H groups in total. The maximum Gasteiger partial charge on any atom is 0.158 e. The van der Waals surface area contributed by atoms with Gasteiger partial charge in [-0.25, -0.2) is 14.4 Å². The Labute approximate surface area is 147 Å². The first-order chi connectivity index (χ1) is 11.6. The molecule has 0 saturated heterocycles. The minimum atomic E-state index is -0.238. The van der Waals surface area contributed by atoms with Gasteiger partial charge in [-0.3, -0.25) is 5.43 Å². The van der Waals surface area contributed by atoms with Crippen molar-refractivity contribution < 1.29 is 4.39 Å². The molecule has 1 aromatic carbocycles. The number of fused-ring (bicyclic) bond motifs is 2. The van der Waals surface area contributed by atoms with E-state index < -0.39 is 0 Å². The molecular weight excluding hydrogens is 343 g/mol. The molecule has 3 aromatic rings. The average molecular weight is 358 g/mol. The van der Waals surface area contributed by atoms with Crippen LogP contribution in [-0.2, 0) is 0 Å². The van der Waals surface area contributed by atoms with E-state index in [1.165, 1.54) is 16.5 Å². The number of anilines is 1. The summed E-state index contributed by atoms with van der Waals surface area (Å²) in [6.45, 7) is 4.15. The molecule has 4 rings (SSSR count). The van der Waals surface area contributed by atoms with Gasteiger partial charge in [-0.2, -0.15) is 5.10 Å². The molecule has 0 atom stereocenters. The lowest BCUT2D eigenvalue weighted by Crippen LogP contribution is -2.12. The zero-order chi connectivity index (χ0) is 16.7. The summed E-state index contributed by atoms with van der Waals surface area (Å²) in [4.78, 5) is 11.9. The molecule has 122 valence electrons. The lowest BCUT2D eigenvalue weighted by Gasteiger charge is -2.17. The van der Waals surface area contributed by atoms with Gasteiger partial charge in [0.15, 0.2) is 5.82 Å². The van der Waals surface area contributed by atoms with Crippen molar-refractivity contribution in [2.24, 2.45) is 5.10 Å². The van der Waals surface area contributed by atoms with Crippen LogP contribution in [0.4, 0.5) is 10.2 Å². The number of halogens is 1. The number of thioether (sulfide) groups is 1. The Balaban J connectivity index is 1.74. The lowest BCUT2D eigenvalue weighted by atomic mass is 10.1. The number of aryl methyl sites for hydroxylation is 2. The Bertz CT molecular complexity index is 965. The predicted octanol–water partition coefficient (Wildman–Crippen LogP) is 4.76. The normalized spacial score (nSPS) is 15.7. The van der Waals surface area contributed by atoms with Crippen LogP contribution in [0.15, 0.2) is 34.5 Å². The van der Waals surface area contributed by atoms with Gasteiger partial charge in [-0.1, -0.05) is 0 Å². The Kier molecular flexibility index (Phi) is 3.97. The second-order valence-corrected chi connectivity index (χ2v) is 7.93. The molecule has 0 spiro atoms. The molecular formula is C17H15FN4S2. The highest BCUT2D eigenvalue weighted by Gasteiger charge is 2.18. The van der Waals surface area contributed by atoms with Crippen LogP contribution in [0.3, 0.4) is 0 Å². The van der Waals surface area contributed by atoms with Crippen molar-refractivity contribution in [3.63, 3.8) is 0 Å². The third-order valence-electron chi connectivity index (χ3n) is 4.11. The zero-order valence-electron chi connectivity index (χ0n) is 13.3. The summed E-state index contributed by atoms with van der Waals surface area (Å²) in [6.07, 6.45) is 2.34. The quantitative estimate of drug-likeness (QED) is 0.671. The number of hydrazone groups is 1. The molecule has 0 amide bonds. The third-order valence-corrected chi connectivity index (χ3v) is 6.30. The number of nitrogens with zero attached hydrogens (tertiary/aromatic N) is 3. The number of nitrogens with one attached hydrogen (secondary N) is 1. The standard InChI is InChI=1S/C17H15FN4S2/c1-9-10(2)24-17-15(9)16(19-8-20-17)22-21-13-5-6-23-14-4-3-11(18)7-12(13)14/h3-4,7-8H,5-6H2,1-2H3,(H,19,20,22)/b21-13-. The Hall–Kier alpha value is -1.99. The van der Waals surface area contributed by atoms with E-state index in [-0.39, 0.29) is 5.82 Å². The fraction of sp³-hybridized carbons (Fsp3) is 0.235. The Morgan fingerprint density at radius 3 is 3.00 bits per heavy atom. The molecule has 24 heavy (non-hydrogen) atoms. The van der Waals surface area contributed by atoms with Crippen LogP contribution in [0.1, 0.15) is 22.4 Å². The van der Waals surface area contributed by atoms with Crippen LogP contribution >= 0.6 is 23.1 Å².